The number of methoxy groups -OCH3 is 2. The third-order valence-electron chi connectivity index (χ3n) is 6.04. The predicted octanol–water partition coefficient (Wildman–Crippen LogP) is 2.87. The number of para-hydroxylation sites is 1. The molecule has 2 aromatic carbocycles. The summed E-state index contributed by atoms with van der Waals surface area (Å²) in [4.78, 5) is 26.8. The summed E-state index contributed by atoms with van der Waals surface area (Å²) in [5.74, 6) is 1.03. The largest absolute Gasteiger partial charge is 0.493 e. The Morgan fingerprint density at radius 3 is 2.69 bits per heavy atom. The number of rotatable bonds is 9. The van der Waals surface area contributed by atoms with Crippen LogP contribution in [0.5, 0.6) is 11.5 Å². The highest BCUT2D eigenvalue weighted by molar-refractivity contribution is 5.89. The van der Waals surface area contributed by atoms with Crippen molar-refractivity contribution in [2.45, 2.75) is 19.4 Å². The molecule has 1 aromatic heterocycles. The molecular formula is C25H29N3O4. The topological polar surface area (TPSA) is 72.8 Å². The molecule has 1 unspecified atom stereocenters. The van der Waals surface area contributed by atoms with Crippen LogP contribution in [0.25, 0.3) is 10.9 Å². The van der Waals surface area contributed by atoms with E-state index in [9.17, 15) is 9.59 Å². The maximum atomic E-state index is 12.6. The van der Waals surface area contributed by atoms with Crippen molar-refractivity contribution in [3.8, 4) is 11.5 Å². The molecule has 0 saturated carbocycles. The van der Waals surface area contributed by atoms with Gasteiger partial charge in [0.15, 0.2) is 11.5 Å². The molecule has 1 aliphatic rings. The first-order valence-electron chi connectivity index (χ1n) is 10.9. The minimum absolute atomic E-state index is 0.0297. The summed E-state index contributed by atoms with van der Waals surface area (Å²) in [6.07, 6.45) is 3.00. The zero-order valence-electron chi connectivity index (χ0n) is 18.5. The fourth-order valence-electron chi connectivity index (χ4n) is 4.24. The minimum Gasteiger partial charge on any atom is -0.493 e. The van der Waals surface area contributed by atoms with Gasteiger partial charge in [0.25, 0.3) is 0 Å². The molecule has 1 N–H and O–H groups in total. The van der Waals surface area contributed by atoms with Gasteiger partial charge in [-0.05, 0) is 41.6 Å². The third kappa shape index (κ3) is 4.72. The summed E-state index contributed by atoms with van der Waals surface area (Å²) in [5, 5.41) is 4.19. The Hall–Kier alpha value is -3.48. The van der Waals surface area contributed by atoms with Crippen molar-refractivity contribution in [2.75, 3.05) is 33.9 Å². The van der Waals surface area contributed by atoms with Crippen molar-refractivity contribution in [2.24, 2.45) is 5.92 Å². The number of ether oxygens (including phenoxy) is 2. The fraction of sp³-hybridized carbons (Fsp3) is 0.360. The number of carbonyl (C=O) groups is 2. The van der Waals surface area contributed by atoms with Gasteiger partial charge in [0.2, 0.25) is 11.8 Å². The molecular weight excluding hydrogens is 406 g/mol. The number of aromatic nitrogens is 1. The predicted molar refractivity (Wildman–Crippen MR) is 123 cm³/mol. The molecule has 2 amide bonds. The van der Waals surface area contributed by atoms with Crippen LogP contribution in [0.3, 0.4) is 0 Å². The Balaban J connectivity index is 1.26. The zero-order chi connectivity index (χ0) is 22.5. The van der Waals surface area contributed by atoms with Crippen molar-refractivity contribution >= 4 is 22.7 Å². The second-order valence-corrected chi connectivity index (χ2v) is 8.04. The quantitative estimate of drug-likeness (QED) is 0.561. The van der Waals surface area contributed by atoms with Gasteiger partial charge in [0.1, 0.15) is 0 Å². The highest BCUT2D eigenvalue weighted by Gasteiger charge is 2.33. The summed E-state index contributed by atoms with van der Waals surface area (Å²) in [7, 11) is 3.21. The summed E-state index contributed by atoms with van der Waals surface area (Å²) >= 11 is 0. The van der Waals surface area contributed by atoms with E-state index in [0.29, 0.717) is 44.1 Å². The van der Waals surface area contributed by atoms with E-state index < -0.39 is 0 Å². The standard InChI is InChI=1S/C25H29N3O4/c1-31-22-8-7-18(15-23(22)32-2)9-12-28-17-20(16-24(28)29)25(30)26-11-14-27-13-10-19-5-3-4-6-21(19)27/h3-8,10,13,15,20H,9,11-12,14,16-17H2,1-2H3,(H,26,30). The molecule has 1 atom stereocenters. The van der Waals surface area contributed by atoms with Crippen LogP contribution < -0.4 is 14.8 Å². The molecule has 3 aromatic rings. The van der Waals surface area contributed by atoms with Gasteiger partial charge in [-0.25, -0.2) is 0 Å². The van der Waals surface area contributed by atoms with Gasteiger partial charge in [-0.3, -0.25) is 9.59 Å². The zero-order valence-corrected chi connectivity index (χ0v) is 18.5. The van der Waals surface area contributed by atoms with E-state index in [-0.39, 0.29) is 24.2 Å². The molecule has 0 bridgehead atoms. The van der Waals surface area contributed by atoms with Crippen LogP contribution in [0.15, 0.2) is 54.7 Å². The van der Waals surface area contributed by atoms with E-state index >= 15 is 0 Å². The molecule has 32 heavy (non-hydrogen) atoms. The number of hydrogen-bond donors (Lipinski definition) is 1. The van der Waals surface area contributed by atoms with Gasteiger partial charge >= 0.3 is 0 Å². The molecule has 0 aliphatic carbocycles. The Morgan fingerprint density at radius 2 is 1.88 bits per heavy atom. The molecule has 1 aliphatic heterocycles. The van der Waals surface area contributed by atoms with E-state index in [1.807, 2.05) is 36.5 Å². The molecule has 7 heteroatoms. The van der Waals surface area contributed by atoms with Crippen LogP contribution in [0, 0.1) is 5.92 Å². The van der Waals surface area contributed by atoms with Crippen LogP contribution in [0.1, 0.15) is 12.0 Å². The third-order valence-corrected chi connectivity index (χ3v) is 6.04. The average molecular weight is 436 g/mol. The molecule has 1 fully saturated rings. The molecule has 2 heterocycles. The van der Waals surface area contributed by atoms with E-state index in [1.54, 1.807) is 19.1 Å². The smallest absolute Gasteiger partial charge is 0.225 e. The minimum atomic E-state index is -0.297. The number of carbonyl (C=O) groups excluding carboxylic acids is 2. The molecule has 168 valence electrons. The Bertz CT molecular complexity index is 1110. The summed E-state index contributed by atoms with van der Waals surface area (Å²) < 4.78 is 12.7. The highest BCUT2D eigenvalue weighted by Crippen LogP contribution is 2.28. The first kappa shape index (κ1) is 21.7. The summed E-state index contributed by atoms with van der Waals surface area (Å²) in [6, 6.07) is 16.0. The lowest BCUT2D eigenvalue weighted by atomic mass is 10.1. The first-order valence-corrected chi connectivity index (χ1v) is 10.9. The van der Waals surface area contributed by atoms with Crippen LogP contribution in [0.2, 0.25) is 0 Å². The maximum Gasteiger partial charge on any atom is 0.225 e. The first-order chi connectivity index (χ1) is 15.6. The fourth-order valence-corrected chi connectivity index (χ4v) is 4.24. The van der Waals surface area contributed by atoms with Gasteiger partial charge < -0.3 is 24.3 Å². The van der Waals surface area contributed by atoms with Crippen molar-refractivity contribution in [3.63, 3.8) is 0 Å². The number of nitrogens with zero attached hydrogens (tertiary/aromatic N) is 2. The number of hydrogen-bond acceptors (Lipinski definition) is 4. The molecule has 7 nitrogen and oxygen atoms in total. The average Bonchev–Trinajstić information content (AvgIpc) is 3.40. The summed E-state index contributed by atoms with van der Waals surface area (Å²) in [6.45, 7) is 2.27. The number of amides is 2. The number of likely N-dealkylation sites (tertiary alicyclic amines) is 1. The van der Waals surface area contributed by atoms with Crippen molar-refractivity contribution < 1.29 is 19.1 Å². The lowest BCUT2D eigenvalue weighted by molar-refractivity contribution is -0.129. The SMILES string of the molecule is COc1ccc(CCN2CC(C(=O)NCCn3ccc4ccccc43)CC2=O)cc1OC. The Morgan fingerprint density at radius 1 is 1.06 bits per heavy atom. The number of nitrogens with one attached hydrogen (secondary N) is 1. The van der Waals surface area contributed by atoms with Crippen molar-refractivity contribution in [1.82, 2.24) is 14.8 Å². The van der Waals surface area contributed by atoms with Gasteiger partial charge in [-0.2, -0.15) is 0 Å². The van der Waals surface area contributed by atoms with Crippen LogP contribution in [-0.4, -0.2) is 55.1 Å². The molecule has 4 rings (SSSR count). The van der Waals surface area contributed by atoms with Gasteiger partial charge in [-0.15, -0.1) is 0 Å². The van der Waals surface area contributed by atoms with Crippen LogP contribution in [0.4, 0.5) is 0 Å². The molecule has 0 radical (unpaired) electrons. The van der Waals surface area contributed by atoms with Crippen LogP contribution >= 0.6 is 0 Å². The van der Waals surface area contributed by atoms with Gasteiger partial charge in [0, 0.05) is 44.3 Å². The Kier molecular flexibility index (Phi) is 6.63. The number of fused-ring (bicyclic) bond motifs is 1. The molecule has 1 saturated heterocycles. The highest BCUT2D eigenvalue weighted by atomic mass is 16.5. The van der Waals surface area contributed by atoms with E-state index in [2.05, 4.69) is 28.1 Å². The Labute approximate surface area is 187 Å². The van der Waals surface area contributed by atoms with Gasteiger partial charge in [-0.1, -0.05) is 24.3 Å². The van der Waals surface area contributed by atoms with E-state index in [4.69, 9.17) is 9.47 Å². The summed E-state index contributed by atoms with van der Waals surface area (Å²) in [5.41, 5.74) is 2.21. The normalized spacial score (nSPS) is 15.9. The second-order valence-electron chi connectivity index (χ2n) is 8.04. The number of benzene rings is 2. The van der Waals surface area contributed by atoms with E-state index in [0.717, 1.165) is 11.1 Å². The monoisotopic (exact) mass is 435 g/mol. The maximum absolute atomic E-state index is 12.6. The second kappa shape index (κ2) is 9.77. The van der Waals surface area contributed by atoms with Crippen molar-refractivity contribution in [3.05, 3.63) is 60.3 Å². The van der Waals surface area contributed by atoms with Crippen molar-refractivity contribution in [1.29, 1.82) is 0 Å². The lowest BCUT2D eigenvalue weighted by Gasteiger charge is -2.17. The molecule has 0 spiro atoms. The van der Waals surface area contributed by atoms with Gasteiger partial charge in [0.05, 0.1) is 20.1 Å². The van der Waals surface area contributed by atoms with Crippen LogP contribution in [-0.2, 0) is 22.6 Å². The van der Waals surface area contributed by atoms with E-state index in [1.165, 1.54) is 5.39 Å². The lowest BCUT2D eigenvalue weighted by Crippen LogP contribution is -2.35.